The van der Waals surface area contributed by atoms with Gasteiger partial charge in [-0.1, -0.05) is 42.5 Å². The highest BCUT2D eigenvalue weighted by Gasteiger charge is 2.30. The van der Waals surface area contributed by atoms with Gasteiger partial charge < -0.3 is 9.64 Å². The molecule has 0 aliphatic carbocycles. The van der Waals surface area contributed by atoms with E-state index in [-0.39, 0.29) is 11.3 Å². The Bertz CT molecular complexity index is 1350. The van der Waals surface area contributed by atoms with Crippen LogP contribution in [0.25, 0.3) is 22.2 Å². The lowest BCUT2D eigenvalue weighted by Gasteiger charge is -2.33. The molecule has 8 heteroatoms. The molecule has 1 saturated heterocycles. The van der Waals surface area contributed by atoms with Crippen molar-refractivity contribution in [3.63, 3.8) is 0 Å². The van der Waals surface area contributed by atoms with Crippen molar-refractivity contribution in [3.05, 3.63) is 83.0 Å². The molecular formula is C24H21N5O3. The van der Waals surface area contributed by atoms with Crippen LogP contribution in [0.4, 0.5) is 5.95 Å². The number of ether oxygens (including phenoxy) is 1. The van der Waals surface area contributed by atoms with Gasteiger partial charge in [0.05, 0.1) is 24.5 Å². The van der Waals surface area contributed by atoms with Gasteiger partial charge in [0.1, 0.15) is 12.4 Å². The van der Waals surface area contributed by atoms with E-state index in [2.05, 4.69) is 15.0 Å². The molecule has 0 bridgehead atoms. The van der Waals surface area contributed by atoms with Gasteiger partial charge in [0, 0.05) is 31.4 Å². The molecule has 0 saturated carbocycles. The molecule has 0 radical (unpaired) electrons. The molecule has 1 aliphatic heterocycles. The lowest BCUT2D eigenvalue weighted by atomic mass is 9.98. The van der Waals surface area contributed by atoms with Crippen molar-refractivity contribution < 1.29 is 9.53 Å². The average molecular weight is 427 g/mol. The Hall–Kier alpha value is -3.91. The molecule has 160 valence electrons. The zero-order valence-electron chi connectivity index (χ0n) is 17.5. The van der Waals surface area contributed by atoms with E-state index in [9.17, 15) is 9.59 Å². The van der Waals surface area contributed by atoms with E-state index in [0.717, 1.165) is 10.8 Å². The van der Waals surface area contributed by atoms with Gasteiger partial charge >= 0.3 is 0 Å². The van der Waals surface area contributed by atoms with Crippen LogP contribution in [0, 0.1) is 0 Å². The number of ketones is 1. The van der Waals surface area contributed by atoms with Crippen molar-refractivity contribution in [2.24, 2.45) is 7.05 Å². The van der Waals surface area contributed by atoms with Crippen LogP contribution in [0.5, 0.6) is 0 Å². The van der Waals surface area contributed by atoms with Crippen LogP contribution in [0.1, 0.15) is 10.4 Å². The number of hydrogen-bond acceptors (Lipinski definition) is 7. The lowest BCUT2D eigenvalue weighted by molar-refractivity contribution is 0.0338. The number of carbonyl (C=O) groups is 1. The Morgan fingerprint density at radius 3 is 2.78 bits per heavy atom. The van der Waals surface area contributed by atoms with E-state index in [4.69, 9.17) is 4.74 Å². The predicted octanol–water partition coefficient (Wildman–Crippen LogP) is 2.48. The van der Waals surface area contributed by atoms with Crippen molar-refractivity contribution in [2.75, 3.05) is 24.6 Å². The third kappa shape index (κ3) is 3.65. The average Bonchev–Trinajstić information content (AvgIpc) is 2.85. The van der Waals surface area contributed by atoms with Crippen LogP contribution >= 0.6 is 0 Å². The van der Waals surface area contributed by atoms with Crippen molar-refractivity contribution in [2.45, 2.75) is 6.10 Å². The standard InChI is InChI=1S/C24H21N5O3/c1-28-22(30)13-20(19-9-10-25-15-26-19)27-24(28)29-11-12-32-21(14-29)23(31)18-8-4-6-16-5-2-3-7-17(16)18/h2-10,13,15,21H,11-12,14H2,1H3. The number of Topliss-reactive ketones (excluding diaryl/α,β-unsaturated/α-hetero) is 1. The van der Waals surface area contributed by atoms with Crippen molar-refractivity contribution in [3.8, 4) is 11.4 Å². The lowest BCUT2D eigenvalue weighted by Crippen LogP contribution is -2.48. The fourth-order valence-electron chi connectivity index (χ4n) is 3.99. The van der Waals surface area contributed by atoms with Gasteiger partial charge in [-0.15, -0.1) is 0 Å². The minimum atomic E-state index is -0.658. The molecule has 0 amide bonds. The summed E-state index contributed by atoms with van der Waals surface area (Å²) in [5, 5.41) is 1.91. The molecule has 1 unspecified atom stereocenters. The van der Waals surface area contributed by atoms with Gasteiger partial charge in [-0.2, -0.15) is 0 Å². The summed E-state index contributed by atoms with van der Waals surface area (Å²) < 4.78 is 7.33. The normalized spacial score (nSPS) is 16.3. The zero-order chi connectivity index (χ0) is 22.1. The molecule has 2 aromatic carbocycles. The Morgan fingerprint density at radius 2 is 1.94 bits per heavy atom. The maximum atomic E-state index is 13.4. The quantitative estimate of drug-likeness (QED) is 0.462. The molecular weight excluding hydrogens is 406 g/mol. The maximum absolute atomic E-state index is 13.4. The summed E-state index contributed by atoms with van der Waals surface area (Å²) in [5.41, 5.74) is 1.46. The number of anilines is 1. The first-order valence-corrected chi connectivity index (χ1v) is 10.3. The highest BCUT2D eigenvalue weighted by atomic mass is 16.5. The molecule has 1 aliphatic rings. The second-order valence-corrected chi connectivity index (χ2v) is 7.63. The van der Waals surface area contributed by atoms with Gasteiger partial charge in [0.15, 0.2) is 5.78 Å². The molecule has 4 aromatic rings. The summed E-state index contributed by atoms with van der Waals surface area (Å²) in [7, 11) is 1.67. The smallest absolute Gasteiger partial charge is 0.255 e. The van der Waals surface area contributed by atoms with Gasteiger partial charge in [0.25, 0.3) is 5.56 Å². The van der Waals surface area contributed by atoms with Crippen LogP contribution in [0.2, 0.25) is 0 Å². The van der Waals surface area contributed by atoms with Crippen molar-refractivity contribution in [1.82, 2.24) is 19.5 Å². The summed E-state index contributed by atoms with van der Waals surface area (Å²) in [4.78, 5) is 40.7. The van der Waals surface area contributed by atoms with Crippen molar-refractivity contribution in [1.29, 1.82) is 0 Å². The second kappa shape index (κ2) is 8.32. The van der Waals surface area contributed by atoms with E-state index in [1.807, 2.05) is 47.4 Å². The first kappa shape index (κ1) is 20.0. The van der Waals surface area contributed by atoms with Gasteiger partial charge in [-0.25, -0.2) is 15.0 Å². The van der Waals surface area contributed by atoms with Crippen molar-refractivity contribution >= 4 is 22.5 Å². The molecule has 3 heterocycles. The van der Waals surface area contributed by atoms with E-state index in [1.165, 1.54) is 17.0 Å². The number of nitrogens with zero attached hydrogens (tertiary/aromatic N) is 5. The Morgan fingerprint density at radius 1 is 1.09 bits per heavy atom. The molecule has 32 heavy (non-hydrogen) atoms. The maximum Gasteiger partial charge on any atom is 0.255 e. The molecule has 5 rings (SSSR count). The first-order valence-electron chi connectivity index (χ1n) is 10.3. The van der Waals surface area contributed by atoms with Crippen LogP contribution < -0.4 is 10.5 Å². The topological polar surface area (TPSA) is 90.2 Å². The first-order chi connectivity index (χ1) is 15.6. The minimum Gasteiger partial charge on any atom is -0.366 e. The van der Waals surface area contributed by atoms with E-state index >= 15 is 0 Å². The summed E-state index contributed by atoms with van der Waals surface area (Å²) in [6.07, 6.45) is 2.37. The molecule has 2 aromatic heterocycles. The largest absolute Gasteiger partial charge is 0.366 e. The highest BCUT2D eigenvalue weighted by molar-refractivity contribution is 6.10. The molecule has 1 atom stereocenters. The molecule has 0 N–H and O–H groups in total. The van der Waals surface area contributed by atoms with E-state index < -0.39 is 6.10 Å². The Balaban J connectivity index is 1.47. The molecule has 1 fully saturated rings. The summed E-state index contributed by atoms with van der Waals surface area (Å²) in [6, 6.07) is 16.7. The summed E-state index contributed by atoms with van der Waals surface area (Å²) >= 11 is 0. The predicted molar refractivity (Wildman–Crippen MR) is 121 cm³/mol. The fraction of sp³-hybridized carbons (Fsp3) is 0.208. The van der Waals surface area contributed by atoms with Crippen LogP contribution in [0.15, 0.2) is 71.9 Å². The fourth-order valence-corrected chi connectivity index (χ4v) is 3.99. The van der Waals surface area contributed by atoms with Crippen LogP contribution in [-0.2, 0) is 11.8 Å². The number of carbonyl (C=O) groups excluding carboxylic acids is 1. The number of morpholine rings is 1. The van der Waals surface area contributed by atoms with E-state index in [1.54, 1.807) is 19.3 Å². The van der Waals surface area contributed by atoms with Gasteiger partial charge in [0.2, 0.25) is 5.95 Å². The molecule has 0 spiro atoms. The molecule has 8 nitrogen and oxygen atoms in total. The third-order valence-corrected chi connectivity index (χ3v) is 5.65. The zero-order valence-corrected chi connectivity index (χ0v) is 17.5. The van der Waals surface area contributed by atoms with Crippen LogP contribution in [-0.4, -0.2) is 51.1 Å². The highest BCUT2D eigenvalue weighted by Crippen LogP contribution is 2.23. The minimum absolute atomic E-state index is 0.0801. The summed E-state index contributed by atoms with van der Waals surface area (Å²) in [5.74, 6) is 0.397. The van der Waals surface area contributed by atoms with Crippen LogP contribution in [0.3, 0.4) is 0 Å². The summed E-state index contributed by atoms with van der Waals surface area (Å²) in [6.45, 7) is 1.18. The van der Waals surface area contributed by atoms with Gasteiger partial charge in [-0.05, 0) is 16.8 Å². The number of fused-ring (bicyclic) bond motifs is 1. The second-order valence-electron chi connectivity index (χ2n) is 7.63. The number of aromatic nitrogens is 4. The Kier molecular flexibility index (Phi) is 5.20. The van der Waals surface area contributed by atoms with E-state index in [0.29, 0.717) is 42.6 Å². The Labute approximate surface area is 184 Å². The SMILES string of the molecule is Cn1c(N2CCOC(C(=O)c3cccc4ccccc34)C2)nc(-c2ccncn2)cc1=O. The third-order valence-electron chi connectivity index (χ3n) is 5.65. The number of rotatable bonds is 4. The van der Waals surface area contributed by atoms with Gasteiger partial charge in [-0.3, -0.25) is 14.2 Å². The number of benzene rings is 2. The monoisotopic (exact) mass is 427 g/mol. The number of hydrogen-bond donors (Lipinski definition) is 0.